The Morgan fingerprint density at radius 3 is 2.32 bits per heavy atom. The molecule has 0 spiro atoms. The van der Waals surface area contributed by atoms with Crippen LogP contribution in [-0.4, -0.2) is 31.3 Å². The molecule has 1 aliphatic heterocycles. The lowest BCUT2D eigenvalue weighted by molar-refractivity contribution is -0.0980. The van der Waals surface area contributed by atoms with E-state index in [0.717, 1.165) is 46.9 Å². The van der Waals surface area contributed by atoms with Crippen molar-refractivity contribution in [2.45, 2.75) is 66.6 Å². The van der Waals surface area contributed by atoms with E-state index in [1.54, 1.807) is 0 Å². The van der Waals surface area contributed by atoms with Crippen molar-refractivity contribution in [3.05, 3.63) is 75.8 Å². The van der Waals surface area contributed by atoms with Gasteiger partial charge in [-0.15, -0.1) is 0 Å². The van der Waals surface area contributed by atoms with Crippen molar-refractivity contribution in [1.29, 1.82) is 0 Å². The summed E-state index contributed by atoms with van der Waals surface area (Å²) in [6.45, 7) is 11.6. The molecule has 2 aromatic carbocycles. The van der Waals surface area contributed by atoms with E-state index < -0.39 is 6.68 Å². The lowest BCUT2D eigenvalue weighted by Crippen LogP contribution is -2.30. The van der Waals surface area contributed by atoms with Crippen LogP contribution in [0.3, 0.4) is 0 Å². The van der Waals surface area contributed by atoms with Gasteiger partial charge in [0.25, 0.3) is 0 Å². The SMILES string of the molecule is C=C1c2cc(Cl)cc(CNc3ccc(C)cc3C)c2N=C(C2=CCCCC2)N1C.C=O.CC.FC(F)F. The van der Waals surface area contributed by atoms with E-state index >= 15 is 0 Å². The molecule has 0 radical (unpaired) electrons. The minimum Gasteiger partial charge on any atom is -0.381 e. The van der Waals surface area contributed by atoms with Crippen LogP contribution in [-0.2, 0) is 11.3 Å². The third-order valence-electron chi connectivity index (χ3n) is 5.83. The number of alkyl halides is 3. The smallest absolute Gasteiger partial charge is 0.379 e. The molecule has 0 unspecified atom stereocenters. The van der Waals surface area contributed by atoms with Crippen molar-refractivity contribution in [3.8, 4) is 0 Å². The molecule has 1 N–H and O–H groups in total. The molecule has 8 heteroatoms. The predicted octanol–water partition coefficient (Wildman–Crippen LogP) is 9.04. The number of aliphatic imine (C=N–C) groups is 1. The first-order valence-corrected chi connectivity index (χ1v) is 12.6. The summed E-state index contributed by atoms with van der Waals surface area (Å²) in [6.07, 6.45) is 7.03. The number of carbonyl (C=O) groups is 1. The van der Waals surface area contributed by atoms with Crippen molar-refractivity contribution in [3.63, 3.8) is 0 Å². The Labute approximate surface area is 223 Å². The maximum atomic E-state index is 9.67. The van der Waals surface area contributed by atoms with Crippen molar-refractivity contribution < 1.29 is 18.0 Å². The minimum absolute atomic E-state index is 0.666. The molecule has 0 atom stereocenters. The molecule has 0 bridgehead atoms. The number of hydrogen-bond acceptors (Lipinski definition) is 4. The van der Waals surface area contributed by atoms with Gasteiger partial charge in [0.2, 0.25) is 0 Å². The number of halogens is 4. The molecule has 0 amide bonds. The lowest BCUT2D eigenvalue weighted by atomic mass is 9.95. The van der Waals surface area contributed by atoms with Crippen LogP contribution in [0.5, 0.6) is 0 Å². The van der Waals surface area contributed by atoms with Crippen LogP contribution in [0.1, 0.15) is 61.8 Å². The summed E-state index contributed by atoms with van der Waals surface area (Å²) < 4.78 is 29.0. The summed E-state index contributed by atoms with van der Waals surface area (Å²) >= 11 is 6.47. The zero-order valence-electron chi connectivity index (χ0n) is 22.3. The van der Waals surface area contributed by atoms with E-state index in [1.807, 2.05) is 39.8 Å². The van der Waals surface area contributed by atoms with Crippen LogP contribution in [0.25, 0.3) is 5.70 Å². The Morgan fingerprint density at radius 1 is 1.11 bits per heavy atom. The molecule has 1 aliphatic carbocycles. The standard InChI is InChI=1S/C25H28ClN3.C2H6.CHF3.CH2O/c1-16-10-11-23(17(2)12-16)27-15-20-13-21(26)14-22-18(3)29(4)25(28-24(20)22)19-8-6-5-7-9-19;1-2;2-1(3)4;1-2/h8,10-14,27H,3,5-7,9,15H2,1-2,4H3;1-2H3;1H;1H2. The van der Waals surface area contributed by atoms with Gasteiger partial charge in [-0.2, -0.15) is 13.2 Å². The van der Waals surface area contributed by atoms with E-state index in [2.05, 4.69) is 54.9 Å². The van der Waals surface area contributed by atoms with Gasteiger partial charge in [-0.05, 0) is 74.4 Å². The van der Waals surface area contributed by atoms with Gasteiger partial charge < -0.3 is 15.0 Å². The zero-order chi connectivity index (χ0) is 28.1. The number of fused-ring (bicyclic) bond motifs is 1. The largest absolute Gasteiger partial charge is 0.381 e. The summed E-state index contributed by atoms with van der Waals surface area (Å²) in [4.78, 5) is 15.2. The van der Waals surface area contributed by atoms with Gasteiger partial charge in [-0.3, -0.25) is 0 Å². The maximum absolute atomic E-state index is 9.67. The number of rotatable bonds is 4. The molecule has 1 heterocycles. The molecule has 202 valence electrons. The van der Waals surface area contributed by atoms with Crippen LogP contribution in [0.4, 0.5) is 24.5 Å². The molecule has 37 heavy (non-hydrogen) atoms. The number of likely N-dealkylation sites (N-methyl/N-ethyl adjacent to an activating group) is 1. The molecule has 2 aliphatic rings. The summed E-state index contributed by atoms with van der Waals surface area (Å²) in [5.74, 6) is 1.03. The first kappa shape index (κ1) is 32.0. The Hall–Kier alpha value is -3.06. The molecule has 0 saturated heterocycles. The highest BCUT2D eigenvalue weighted by molar-refractivity contribution is 6.31. The average molecular weight is 536 g/mol. The number of benzene rings is 2. The van der Waals surface area contributed by atoms with Crippen LogP contribution in [0.15, 0.2) is 53.6 Å². The fraction of sp³-hybridized carbons (Fsp3) is 0.379. The number of amidine groups is 1. The van der Waals surface area contributed by atoms with Gasteiger partial charge in [0.05, 0.1) is 5.69 Å². The fourth-order valence-corrected chi connectivity index (χ4v) is 4.40. The third-order valence-corrected chi connectivity index (χ3v) is 6.05. The predicted molar refractivity (Wildman–Crippen MR) is 151 cm³/mol. The Balaban J connectivity index is 0.000000767. The van der Waals surface area contributed by atoms with Crippen molar-refractivity contribution in [2.75, 3.05) is 12.4 Å². The van der Waals surface area contributed by atoms with Crippen molar-refractivity contribution >= 4 is 41.3 Å². The summed E-state index contributed by atoms with van der Waals surface area (Å²) in [7, 11) is 2.05. The second-order valence-electron chi connectivity index (χ2n) is 8.30. The monoisotopic (exact) mass is 535 g/mol. The van der Waals surface area contributed by atoms with Crippen LogP contribution in [0, 0.1) is 13.8 Å². The third kappa shape index (κ3) is 9.08. The van der Waals surface area contributed by atoms with E-state index in [1.165, 1.54) is 29.5 Å². The Kier molecular flexibility index (Phi) is 13.8. The first-order chi connectivity index (χ1) is 17.7. The highest BCUT2D eigenvalue weighted by Crippen LogP contribution is 2.40. The second-order valence-corrected chi connectivity index (χ2v) is 8.73. The minimum atomic E-state index is -3.67. The first-order valence-electron chi connectivity index (χ1n) is 12.2. The summed E-state index contributed by atoms with van der Waals surface area (Å²) in [6, 6.07) is 10.5. The highest BCUT2D eigenvalue weighted by Gasteiger charge is 2.26. The van der Waals surface area contributed by atoms with Gasteiger partial charge in [-0.25, -0.2) is 4.99 Å². The molecular weight excluding hydrogens is 499 g/mol. The zero-order valence-corrected chi connectivity index (χ0v) is 23.1. The Morgan fingerprint density at radius 2 is 1.76 bits per heavy atom. The lowest BCUT2D eigenvalue weighted by Gasteiger charge is -2.32. The molecular formula is C29H37ClF3N3O. The number of anilines is 1. The van der Waals surface area contributed by atoms with Crippen LogP contribution < -0.4 is 5.32 Å². The van der Waals surface area contributed by atoms with Gasteiger partial charge in [-0.1, -0.05) is 55.8 Å². The second kappa shape index (κ2) is 15.9. The summed E-state index contributed by atoms with van der Waals surface area (Å²) in [5, 5.41) is 4.28. The van der Waals surface area contributed by atoms with Crippen LogP contribution >= 0.6 is 11.6 Å². The summed E-state index contributed by atoms with van der Waals surface area (Å²) in [5.41, 5.74) is 9.00. The number of nitrogens with zero attached hydrogens (tertiary/aromatic N) is 2. The normalized spacial score (nSPS) is 14.0. The van der Waals surface area contributed by atoms with E-state index in [4.69, 9.17) is 21.4 Å². The molecule has 4 nitrogen and oxygen atoms in total. The average Bonchev–Trinajstić information content (AvgIpc) is 2.88. The van der Waals surface area contributed by atoms with Gasteiger partial charge in [0, 0.05) is 35.6 Å². The van der Waals surface area contributed by atoms with Crippen molar-refractivity contribution in [1.82, 2.24) is 4.90 Å². The number of hydrogen-bond donors (Lipinski definition) is 1. The number of aryl methyl sites for hydroxylation is 2. The van der Waals surface area contributed by atoms with Crippen LogP contribution in [0.2, 0.25) is 5.02 Å². The molecule has 2 aromatic rings. The van der Waals surface area contributed by atoms with E-state index in [-0.39, 0.29) is 0 Å². The van der Waals surface area contributed by atoms with E-state index in [0.29, 0.717) is 11.6 Å². The van der Waals surface area contributed by atoms with Gasteiger partial charge in [0.15, 0.2) is 0 Å². The van der Waals surface area contributed by atoms with E-state index in [9.17, 15) is 13.2 Å². The maximum Gasteiger partial charge on any atom is 0.379 e. The fourth-order valence-electron chi connectivity index (χ4n) is 4.16. The van der Waals surface area contributed by atoms with Gasteiger partial charge in [0.1, 0.15) is 12.6 Å². The number of allylic oxidation sites excluding steroid dienone is 1. The Bertz CT molecular complexity index is 1110. The molecule has 0 saturated carbocycles. The highest BCUT2D eigenvalue weighted by atomic mass is 35.5. The number of nitrogens with one attached hydrogen (secondary N) is 1. The quantitative estimate of drug-likeness (QED) is 0.424. The number of carbonyl (C=O) groups excluding carboxylic acids is 1. The topological polar surface area (TPSA) is 44.7 Å². The molecule has 4 rings (SSSR count). The molecule has 0 fully saturated rings. The van der Waals surface area contributed by atoms with Crippen molar-refractivity contribution in [2.24, 2.45) is 4.99 Å². The molecule has 0 aromatic heterocycles. The van der Waals surface area contributed by atoms with Gasteiger partial charge >= 0.3 is 6.68 Å².